The van der Waals surface area contributed by atoms with Crippen LogP contribution < -0.4 is 15.6 Å². The van der Waals surface area contributed by atoms with Crippen molar-refractivity contribution in [1.82, 2.24) is 9.55 Å². The van der Waals surface area contributed by atoms with E-state index in [1.54, 1.807) is 0 Å². The van der Waals surface area contributed by atoms with Crippen LogP contribution in [0.5, 0.6) is 5.75 Å². The lowest BCUT2D eigenvalue weighted by atomic mass is 10.2. The largest absolute Gasteiger partial charge is 0.496 e. The average Bonchev–Trinajstić information content (AvgIpc) is 3.01. The summed E-state index contributed by atoms with van der Waals surface area (Å²) in [6, 6.07) is 3.93. The van der Waals surface area contributed by atoms with E-state index in [-0.39, 0.29) is 37.8 Å². The van der Waals surface area contributed by atoms with E-state index in [4.69, 9.17) is 4.74 Å². The summed E-state index contributed by atoms with van der Waals surface area (Å²) >= 11 is 0.874. The van der Waals surface area contributed by atoms with Gasteiger partial charge in [0.25, 0.3) is 11.2 Å². The van der Waals surface area contributed by atoms with Crippen molar-refractivity contribution >= 4 is 44.8 Å². The van der Waals surface area contributed by atoms with Gasteiger partial charge < -0.3 is 15.2 Å². The Balaban J connectivity index is 1.90. The molecule has 2 aromatic heterocycles. The van der Waals surface area contributed by atoms with Gasteiger partial charge in [-0.1, -0.05) is 0 Å². The monoisotopic (exact) mass is 418 g/mol. The van der Waals surface area contributed by atoms with Gasteiger partial charge in [0.1, 0.15) is 27.7 Å². The number of thiophene rings is 1. The number of methoxy groups -OCH3 is 1. The molecule has 0 spiro atoms. The van der Waals surface area contributed by atoms with Gasteiger partial charge >= 0.3 is 5.97 Å². The number of carboxylic acid groups (broad SMARTS) is 1. The van der Waals surface area contributed by atoms with Crippen LogP contribution in [-0.2, 0) is 11.3 Å². The van der Waals surface area contributed by atoms with Crippen molar-refractivity contribution < 1.29 is 24.4 Å². The molecule has 0 unspecified atom stereocenters. The summed E-state index contributed by atoms with van der Waals surface area (Å²) in [5.41, 5.74) is -0.715. The third kappa shape index (κ3) is 3.78. The molecule has 3 aromatic rings. The molecule has 29 heavy (non-hydrogen) atoms. The molecule has 0 aliphatic carbocycles. The van der Waals surface area contributed by atoms with E-state index in [9.17, 15) is 29.6 Å². The highest BCUT2D eigenvalue weighted by molar-refractivity contribution is 7.20. The van der Waals surface area contributed by atoms with Crippen LogP contribution in [0.1, 0.15) is 15.2 Å². The van der Waals surface area contributed by atoms with E-state index in [1.165, 1.54) is 26.2 Å². The molecule has 2 heterocycles. The minimum Gasteiger partial charge on any atom is -0.496 e. The fourth-order valence-electron chi connectivity index (χ4n) is 2.72. The molecule has 1 aromatic carbocycles. The molecule has 0 aliphatic rings. The minimum absolute atomic E-state index is 0.000610. The summed E-state index contributed by atoms with van der Waals surface area (Å²) in [6.45, 7) is 1.04. The number of nitro groups is 1. The fourth-order valence-corrected chi connectivity index (χ4v) is 3.69. The number of anilines is 1. The van der Waals surface area contributed by atoms with Gasteiger partial charge in [0.15, 0.2) is 0 Å². The molecule has 0 aliphatic heterocycles. The van der Waals surface area contributed by atoms with Crippen molar-refractivity contribution in [2.24, 2.45) is 0 Å². The number of nitro benzene ring substituents is 1. The number of carbonyl (C=O) groups excluding carboxylic acids is 1. The number of fused-ring (bicyclic) bond motifs is 1. The Morgan fingerprint density at radius 3 is 2.76 bits per heavy atom. The van der Waals surface area contributed by atoms with Crippen LogP contribution in [0, 0.1) is 17.0 Å². The molecule has 2 N–H and O–H groups in total. The second-order valence-electron chi connectivity index (χ2n) is 5.91. The average molecular weight is 418 g/mol. The topological polar surface area (TPSA) is 154 Å². The van der Waals surface area contributed by atoms with Crippen molar-refractivity contribution in [2.75, 3.05) is 12.4 Å². The van der Waals surface area contributed by atoms with E-state index in [0.29, 0.717) is 0 Å². The molecule has 0 atom stereocenters. The number of hydrogen-bond acceptors (Lipinski definition) is 8. The maximum atomic E-state index is 12.7. The number of amides is 1. The minimum atomic E-state index is -1.17. The van der Waals surface area contributed by atoms with Gasteiger partial charge in [-0.05, 0) is 24.6 Å². The van der Waals surface area contributed by atoms with E-state index in [1.807, 2.05) is 0 Å². The van der Waals surface area contributed by atoms with Gasteiger partial charge in [-0.15, -0.1) is 11.3 Å². The van der Waals surface area contributed by atoms with E-state index in [0.717, 1.165) is 28.3 Å². The molecule has 0 saturated heterocycles. The molecular formula is C17H14N4O7S. The standard InChI is InChI=1S/C17H14N4O7S/c1-8-13-15(29-14(8)17(24)25)18-7-20(16(13)23)6-12(22)19-10-4-3-9(28-2)5-11(10)21(26)27/h3-5,7H,6H2,1-2H3,(H,19,22)(H,24,25). The highest BCUT2D eigenvalue weighted by atomic mass is 32.1. The number of carboxylic acids is 1. The molecule has 0 bridgehead atoms. The van der Waals surface area contributed by atoms with Crippen LogP contribution >= 0.6 is 11.3 Å². The molecule has 0 radical (unpaired) electrons. The number of benzene rings is 1. The first-order valence-corrected chi connectivity index (χ1v) is 8.88. The van der Waals surface area contributed by atoms with Crippen molar-refractivity contribution in [3.63, 3.8) is 0 Å². The van der Waals surface area contributed by atoms with Crippen LogP contribution in [-0.4, -0.2) is 38.6 Å². The molecular weight excluding hydrogens is 404 g/mol. The summed E-state index contributed by atoms with van der Waals surface area (Å²) < 4.78 is 5.95. The van der Waals surface area contributed by atoms with Gasteiger partial charge in [0.2, 0.25) is 5.91 Å². The first-order valence-electron chi connectivity index (χ1n) is 8.07. The zero-order valence-corrected chi connectivity index (χ0v) is 16.0. The normalized spacial score (nSPS) is 10.7. The smallest absolute Gasteiger partial charge is 0.346 e. The summed E-state index contributed by atoms with van der Waals surface area (Å²) in [5, 5.41) is 22.9. The summed E-state index contributed by atoms with van der Waals surface area (Å²) in [4.78, 5) is 51.1. The van der Waals surface area contributed by atoms with Gasteiger partial charge in [0, 0.05) is 0 Å². The SMILES string of the molecule is COc1ccc(NC(=O)Cn2cnc3sc(C(=O)O)c(C)c3c2=O)c([N+](=O)[O-])c1. The number of nitrogens with zero attached hydrogens (tertiary/aromatic N) is 3. The maximum Gasteiger partial charge on any atom is 0.346 e. The number of rotatable bonds is 6. The van der Waals surface area contributed by atoms with Gasteiger partial charge in [-0.3, -0.25) is 24.3 Å². The van der Waals surface area contributed by atoms with Crippen LogP contribution in [0.2, 0.25) is 0 Å². The quantitative estimate of drug-likeness (QED) is 0.455. The summed E-state index contributed by atoms with van der Waals surface area (Å²) in [6.07, 6.45) is 1.13. The lowest BCUT2D eigenvalue weighted by molar-refractivity contribution is -0.384. The first-order chi connectivity index (χ1) is 13.7. The molecule has 150 valence electrons. The Kier molecular flexibility index (Phi) is 5.28. The molecule has 0 fully saturated rings. The number of aromatic nitrogens is 2. The van der Waals surface area contributed by atoms with Gasteiger partial charge in [-0.25, -0.2) is 9.78 Å². The highest BCUT2D eigenvalue weighted by Gasteiger charge is 2.21. The molecule has 12 heteroatoms. The van der Waals surface area contributed by atoms with E-state index in [2.05, 4.69) is 10.3 Å². The second-order valence-corrected chi connectivity index (χ2v) is 6.91. The molecule has 11 nitrogen and oxygen atoms in total. The number of aryl methyl sites for hydroxylation is 1. The van der Waals surface area contributed by atoms with E-state index >= 15 is 0 Å². The van der Waals surface area contributed by atoms with Crippen molar-refractivity contribution in [1.29, 1.82) is 0 Å². The third-order valence-electron chi connectivity index (χ3n) is 4.10. The van der Waals surface area contributed by atoms with Crippen LogP contribution in [0.25, 0.3) is 10.2 Å². The number of carbonyl (C=O) groups is 2. The molecule has 0 saturated carbocycles. The summed E-state index contributed by atoms with van der Waals surface area (Å²) in [5.74, 6) is -1.60. The summed E-state index contributed by atoms with van der Waals surface area (Å²) in [7, 11) is 1.36. The third-order valence-corrected chi connectivity index (χ3v) is 5.29. The fraction of sp³-hybridized carbons (Fsp3) is 0.176. The Hall–Kier alpha value is -3.80. The Labute approximate surface area is 166 Å². The maximum absolute atomic E-state index is 12.7. The number of ether oxygens (including phenoxy) is 1. The zero-order valence-electron chi connectivity index (χ0n) is 15.2. The van der Waals surface area contributed by atoms with Gasteiger partial charge in [0.05, 0.1) is 29.8 Å². The highest BCUT2D eigenvalue weighted by Crippen LogP contribution is 2.29. The van der Waals surface area contributed by atoms with Gasteiger partial charge in [-0.2, -0.15) is 0 Å². The predicted molar refractivity (Wildman–Crippen MR) is 104 cm³/mol. The lowest BCUT2D eigenvalue weighted by Gasteiger charge is -2.09. The predicted octanol–water partition coefficient (Wildman–Crippen LogP) is 2.02. The van der Waals surface area contributed by atoms with Crippen LogP contribution in [0.3, 0.4) is 0 Å². The van der Waals surface area contributed by atoms with Crippen molar-refractivity contribution in [3.05, 3.63) is 55.4 Å². The number of nitrogens with one attached hydrogen (secondary N) is 1. The van der Waals surface area contributed by atoms with Crippen LogP contribution in [0.4, 0.5) is 11.4 Å². The lowest BCUT2D eigenvalue weighted by Crippen LogP contribution is -2.28. The molecule has 3 rings (SSSR count). The Morgan fingerprint density at radius 1 is 1.41 bits per heavy atom. The Bertz CT molecular complexity index is 1210. The Morgan fingerprint density at radius 2 is 2.14 bits per heavy atom. The molecule has 1 amide bonds. The van der Waals surface area contributed by atoms with Crippen molar-refractivity contribution in [2.45, 2.75) is 13.5 Å². The first kappa shape index (κ1) is 19.9. The van der Waals surface area contributed by atoms with Crippen LogP contribution in [0.15, 0.2) is 29.3 Å². The van der Waals surface area contributed by atoms with Crippen molar-refractivity contribution in [3.8, 4) is 5.75 Å². The second kappa shape index (κ2) is 7.67. The number of hydrogen-bond donors (Lipinski definition) is 2. The van der Waals surface area contributed by atoms with E-state index < -0.39 is 28.9 Å². The number of aromatic carboxylic acids is 1. The zero-order chi connectivity index (χ0) is 21.3.